The molecule has 0 aliphatic heterocycles. The summed E-state index contributed by atoms with van der Waals surface area (Å²) in [4.78, 5) is 3.70. The first-order chi connectivity index (χ1) is 14.6. The third-order valence-corrected chi connectivity index (χ3v) is 7.12. The number of hydrogen-bond donors (Lipinski definition) is 1. The summed E-state index contributed by atoms with van der Waals surface area (Å²) >= 11 is 0. The quantitative estimate of drug-likeness (QED) is 0.274. The Morgan fingerprint density at radius 1 is 0.533 bits per heavy atom. The SMILES string of the molecule is CC1(C)c2c(ccc3ccccc23)-c2ccc3[nH]c4ccc5ccccc5c4c3c21. The van der Waals surface area contributed by atoms with Crippen LogP contribution >= 0.6 is 0 Å². The lowest BCUT2D eigenvalue weighted by atomic mass is 9.78. The normalized spacial score (nSPS) is 14.6. The van der Waals surface area contributed by atoms with Crippen molar-refractivity contribution in [1.29, 1.82) is 0 Å². The van der Waals surface area contributed by atoms with E-state index in [4.69, 9.17) is 0 Å². The maximum Gasteiger partial charge on any atom is 0.0471 e. The highest BCUT2D eigenvalue weighted by molar-refractivity contribution is 6.23. The molecule has 0 radical (unpaired) electrons. The molecule has 0 unspecified atom stereocenters. The van der Waals surface area contributed by atoms with Crippen molar-refractivity contribution in [3.8, 4) is 11.1 Å². The number of nitrogens with one attached hydrogen (secondary N) is 1. The van der Waals surface area contributed by atoms with Crippen LogP contribution in [-0.2, 0) is 5.41 Å². The molecular formula is C29H21N. The van der Waals surface area contributed by atoms with E-state index in [0.717, 1.165) is 0 Å². The zero-order valence-corrected chi connectivity index (χ0v) is 17.1. The van der Waals surface area contributed by atoms with Gasteiger partial charge in [-0.3, -0.25) is 0 Å². The molecule has 0 spiro atoms. The standard InChI is InChI=1S/C29H21N/c1-29(2)27-20-10-6-4-8-18(20)11-13-21(27)22-14-16-24-26(28(22)29)25-19-9-5-3-7-17(19)12-15-23(25)30-24/h3-16,30H,1-2H3. The van der Waals surface area contributed by atoms with Crippen LogP contribution < -0.4 is 0 Å². The lowest BCUT2D eigenvalue weighted by Crippen LogP contribution is -2.16. The number of hydrogen-bond acceptors (Lipinski definition) is 0. The molecule has 1 heteroatoms. The van der Waals surface area contributed by atoms with Crippen molar-refractivity contribution in [2.75, 3.05) is 0 Å². The van der Waals surface area contributed by atoms with Gasteiger partial charge in [0.15, 0.2) is 0 Å². The molecule has 1 heterocycles. The van der Waals surface area contributed by atoms with Crippen LogP contribution in [0.1, 0.15) is 25.0 Å². The molecule has 30 heavy (non-hydrogen) atoms. The fraction of sp³-hybridized carbons (Fsp3) is 0.103. The first-order valence-electron chi connectivity index (χ1n) is 10.6. The Balaban J connectivity index is 1.71. The number of aromatic nitrogens is 1. The topological polar surface area (TPSA) is 15.8 Å². The minimum absolute atomic E-state index is 0.0723. The number of fused-ring (bicyclic) bond motifs is 11. The number of benzene rings is 5. The monoisotopic (exact) mass is 383 g/mol. The van der Waals surface area contributed by atoms with Crippen molar-refractivity contribution in [3.63, 3.8) is 0 Å². The third-order valence-electron chi connectivity index (χ3n) is 7.12. The summed E-state index contributed by atoms with van der Waals surface area (Å²) in [6.45, 7) is 4.79. The van der Waals surface area contributed by atoms with Gasteiger partial charge in [-0.05, 0) is 55.9 Å². The molecular weight excluding hydrogens is 362 g/mol. The Bertz CT molecular complexity index is 1660. The predicted molar refractivity (Wildman–Crippen MR) is 128 cm³/mol. The summed E-state index contributed by atoms with van der Waals surface area (Å²) in [6.07, 6.45) is 0. The maximum absolute atomic E-state index is 3.70. The van der Waals surface area contributed by atoms with Gasteiger partial charge in [0.05, 0.1) is 0 Å². The van der Waals surface area contributed by atoms with Crippen molar-refractivity contribution in [2.24, 2.45) is 0 Å². The Morgan fingerprint density at radius 3 is 1.93 bits per heavy atom. The zero-order valence-electron chi connectivity index (χ0n) is 17.1. The molecule has 1 nitrogen and oxygen atoms in total. The molecule has 0 atom stereocenters. The lowest BCUT2D eigenvalue weighted by molar-refractivity contribution is 0.672. The van der Waals surface area contributed by atoms with E-state index in [-0.39, 0.29) is 5.41 Å². The molecule has 5 aromatic carbocycles. The van der Waals surface area contributed by atoms with Crippen molar-refractivity contribution < 1.29 is 0 Å². The molecule has 1 aliphatic carbocycles. The third kappa shape index (κ3) is 1.84. The van der Waals surface area contributed by atoms with E-state index in [1.165, 1.54) is 65.6 Å². The van der Waals surface area contributed by atoms with Gasteiger partial charge in [0.1, 0.15) is 0 Å². The van der Waals surface area contributed by atoms with Gasteiger partial charge in [-0.15, -0.1) is 0 Å². The second kappa shape index (κ2) is 5.31. The van der Waals surface area contributed by atoms with E-state index in [9.17, 15) is 0 Å². The second-order valence-corrected chi connectivity index (χ2v) is 9.08. The highest BCUT2D eigenvalue weighted by Crippen LogP contribution is 2.54. The minimum atomic E-state index is -0.0723. The van der Waals surface area contributed by atoms with E-state index in [1.54, 1.807) is 0 Å². The smallest absolute Gasteiger partial charge is 0.0471 e. The largest absolute Gasteiger partial charge is 0.354 e. The molecule has 0 fully saturated rings. The molecule has 142 valence electrons. The molecule has 0 bridgehead atoms. The molecule has 6 aromatic rings. The Kier molecular flexibility index (Phi) is 2.88. The van der Waals surface area contributed by atoms with Crippen LogP contribution in [0.2, 0.25) is 0 Å². The lowest BCUT2D eigenvalue weighted by Gasteiger charge is -2.24. The van der Waals surface area contributed by atoms with E-state index in [1.807, 2.05) is 0 Å². The summed E-state index contributed by atoms with van der Waals surface area (Å²) in [5.41, 5.74) is 8.04. The predicted octanol–water partition coefficient (Wildman–Crippen LogP) is 7.93. The van der Waals surface area contributed by atoms with Gasteiger partial charge in [0, 0.05) is 27.2 Å². The van der Waals surface area contributed by atoms with Gasteiger partial charge in [0.2, 0.25) is 0 Å². The molecule has 1 aliphatic rings. The Hall–Kier alpha value is -3.58. The summed E-state index contributed by atoms with van der Waals surface area (Å²) in [5.74, 6) is 0. The summed E-state index contributed by atoms with van der Waals surface area (Å²) < 4.78 is 0. The first-order valence-corrected chi connectivity index (χ1v) is 10.6. The van der Waals surface area contributed by atoms with Crippen LogP contribution in [0.4, 0.5) is 0 Å². The first kappa shape index (κ1) is 16.2. The van der Waals surface area contributed by atoms with Crippen LogP contribution in [0.5, 0.6) is 0 Å². The highest BCUT2D eigenvalue weighted by Gasteiger charge is 2.39. The van der Waals surface area contributed by atoms with Gasteiger partial charge in [-0.25, -0.2) is 0 Å². The Morgan fingerprint density at radius 2 is 1.10 bits per heavy atom. The number of H-pyrrole nitrogens is 1. The van der Waals surface area contributed by atoms with Crippen LogP contribution in [0.15, 0.2) is 84.9 Å². The van der Waals surface area contributed by atoms with E-state index >= 15 is 0 Å². The molecule has 7 rings (SSSR count). The fourth-order valence-corrected chi connectivity index (χ4v) is 5.92. The molecule has 0 amide bonds. The molecule has 0 saturated heterocycles. The number of aromatic amines is 1. The summed E-state index contributed by atoms with van der Waals surface area (Å²) in [5, 5.41) is 8.04. The van der Waals surface area contributed by atoms with Gasteiger partial charge in [0.25, 0.3) is 0 Å². The second-order valence-electron chi connectivity index (χ2n) is 9.08. The van der Waals surface area contributed by atoms with E-state index in [2.05, 4.69) is 104 Å². The van der Waals surface area contributed by atoms with Gasteiger partial charge in [-0.1, -0.05) is 86.6 Å². The highest BCUT2D eigenvalue weighted by atomic mass is 14.7. The maximum atomic E-state index is 3.70. The van der Waals surface area contributed by atoms with Crippen molar-refractivity contribution in [3.05, 3.63) is 96.1 Å². The summed E-state index contributed by atoms with van der Waals surface area (Å²) in [7, 11) is 0. The van der Waals surface area contributed by atoms with Crippen molar-refractivity contribution in [2.45, 2.75) is 19.3 Å². The van der Waals surface area contributed by atoms with Crippen LogP contribution in [-0.4, -0.2) is 4.98 Å². The van der Waals surface area contributed by atoms with Gasteiger partial charge >= 0.3 is 0 Å². The van der Waals surface area contributed by atoms with Crippen molar-refractivity contribution >= 4 is 43.4 Å². The number of rotatable bonds is 0. The Labute approximate surface area is 175 Å². The van der Waals surface area contributed by atoms with Crippen molar-refractivity contribution in [1.82, 2.24) is 4.98 Å². The van der Waals surface area contributed by atoms with Crippen LogP contribution in [0.3, 0.4) is 0 Å². The van der Waals surface area contributed by atoms with Gasteiger partial charge in [-0.2, -0.15) is 0 Å². The van der Waals surface area contributed by atoms with Crippen LogP contribution in [0.25, 0.3) is 54.5 Å². The molecule has 0 saturated carbocycles. The molecule has 1 N–H and O–H groups in total. The summed E-state index contributed by atoms with van der Waals surface area (Å²) in [6, 6.07) is 31.2. The molecule has 1 aromatic heterocycles. The fourth-order valence-electron chi connectivity index (χ4n) is 5.92. The van der Waals surface area contributed by atoms with E-state index in [0.29, 0.717) is 0 Å². The van der Waals surface area contributed by atoms with E-state index < -0.39 is 0 Å². The average molecular weight is 383 g/mol. The van der Waals surface area contributed by atoms with Crippen LogP contribution in [0, 0.1) is 0 Å². The van der Waals surface area contributed by atoms with Gasteiger partial charge < -0.3 is 4.98 Å². The average Bonchev–Trinajstić information content (AvgIpc) is 3.26. The minimum Gasteiger partial charge on any atom is -0.354 e. The zero-order chi connectivity index (χ0) is 20.0.